The van der Waals surface area contributed by atoms with Crippen LogP contribution in [0.5, 0.6) is 0 Å². The average molecular weight is 378 g/mol. The molecule has 1 saturated heterocycles. The highest BCUT2D eigenvalue weighted by Crippen LogP contribution is 2.21. The summed E-state index contributed by atoms with van der Waals surface area (Å²) in [5, 5.41) is 2.96. The first-order valence-electron chi connectivity index (χ1n) is 8.02. The molecule has 1 amide bonds. The second kappa shape index (κ2) is 11.5. The van der Waals surface area contributed by atoms with E-state index < -0.39 is 6.04 Å². The first kappa shape index (κ1) is 23.0. The third-order valence-corrected chi connectivity index (χ3v) is 3.86. The second-order valence-electron chi connectivity index (χ2n) is 6.18. The van der Waals surface area contributed by atoms with Gasteiger partial charge in [-0.25, -0.2) is 0 Å². The van der Waals surface area contributed by atoms with Crippen LogP contribution in [0.15, 0.2) is 24.3 Å². The van der Waals surface area contributed by atoms with Gasteiger partial charge in [-0.1, -0.05) is 32.0 Å². The molecule has 1 aromatic carbocycles. The lowest BCUT2D eigenvalue weighted by Gasteiger charge is -2.30. The Bertz CT molecular complexity index is 494. The van der Waals surface area contributed by atoms with Crippen molar-refractivity contribution in [2.24, 2.45) is 11.7 Å². The molecule has 0 saturated carbocycles. The van der Waals surface area contributed by atoms with Crippen LogP contribution >= 0.6 is 24.8 Å². The third kappa shape index (κ3) is 6.85. The first-order chi connectivity index (χ1) is 10.6. The summed E-state index contributed by atoms with van der Waals surface area (Å²) < 4.78 is 5.40. The van der Waals surface area contributed by atoms with Crippen LogP contribution in [-0.4, -0.2) is 38.3 Å². The Balaban J connectivity index is 0.00000264. The molecule has 138 valence electrons. The van der Waals surface area contributed by atoms with Crippen LogP contribution in [0.25, 0.3) is 0 Å². The van der Waals surface area contributed by atoms with Gasteiger partial charge in [0.05, 0.1) is 19.3 Å². The van der Waals surface area contributed by atoms with Gasteiger partial charge in [0.1, 0.15) is 0 Å². The zero-order chi connectivity index (χ0) is 15.9. The molecule has 1 atom stereocenters. The number of nitrogens with one attached hydrogen (secondary N) is 1. The van der Waals surface area contributed by atoms with Crippen molar-refractivity contribution in [2.45, 2.75) is 32.9 Å². The summed E-state index contributed by atoms with van der Waals surface area (Å²) in [6.45, 7) is 7.93. The molecule has 0 unspecified atom stereocenters. The van der Waals surface area contributed by atoms with Crippen molar-refractivity contribution in [2.75, 3.05) is 31.2 Å². The number of nitrogens with zero attached hydrogens (tertiary/aromatic N) is 1. The van der Waals surface area contributed by atoms with Crippen molar-refractivity contribution in [3.05, 3.63) is 29.8 Å². The maximum absolute atomic E-state index is 12.1. The summed E-state index contributed by atoms with van der Waals surface area (Å²) >= 11 is 0. The zero-order valence-electron chi connectivity index (χ0n) is 14.4. The average Bonchev–Trinajstić information content (AvgIpc) is 2.53. The summed E-state index contributed by atoms with van der Waals surface area (Å²) in [7, 11) is 0. The number of para-hydroxylation sites is 1. The van der Waals surface area contributed by atoms with E-state index in [1.807, 2.05) is 12.1 Å². The predicted molar refractivity (Wildman–Crippen MR) is 103 cm³/mol. The normalized spacial score (nSPS) is 15.2. The first-order valence-corrected chi connectivity index (χ1v) is 8.02. The van der Waals surface area contributed by atoms with Gasteiger partial charge in [0.2, 0.25) is 5.91 Å². The molecule has 1 aliphatic rings. The Hall–Kier alpha value is -1.01. The highest BCUT2D eigenvalue weighted by molar-refractivity contribution is 5.85. The van der Waals surface area contributed by atoms with E-state index in [1.165, 1.54) is 5.69 Å². The smallest absolute Gasteiger partial charge is 0.237 e. The Kier molecular flexibility index (Phi) is 11.0. The molecule has 0 aliphatic carbocycles. The molecular formula is C17H29Cl2N3O2. The number of ether oxygens (including phenoxy) is 1. The number of hydrogen-bond donors (Lipinski definition) is 2. The van der Waals surface area contributed by atoms with Gasteiger partial charge in [-0.05, 0) is 24.0 Å². The van der Waals surface area contributed by atoms with Crippen LogP contribution in [0.2, 0.25) is 0 Å². The molecule has 1 fully saturated rings. The van der Waals surface area contributed by atoms with E-state index in [0.29, 0.717) is 18.9 Å². The summed E-state index contributed by atoms with van der Waals surface area (Å²) in [5.41, 5.74) is 8.21. The molecule has 2 rings (SSSR count). The largest absolute Gasteiger partial charge is 0.378 e. The van der Waals surface area contributed by atoms with E-state index in [1.54, 1.807) is 0 Å². The molecular weight excluding hydrogens is 349 g/mol. The number of rotatable bonds is 6. The number of benzene rings is 1. The summed E-state index contributed by atoms with van der Waals surface area (Å²) in [4.78, 5) is 14.4. The molecule has 0 aromatic heterocycles. The fourth-order valence-corrected chi connectivity index (χ4v) is 2.70. The van der Waals surface area contributed by atoms with E-state index in [2.05, 4.69) is 36.2 Å². The Morgan fingerprint density at radius 1 is 1.25 bits per heavy atom. The minimum atomic E-state index is -0.435. The number of hydrogen-bond acceptors (Lipinski definition) is 4. The Morgan fingerprint density at radius 3 is 2.50 bits per heavy atom. The van der Waals surface area contributed by atoms with Crippen LogP contribution in [0.1, 0.15) is 25.8 Å². The van der Waals surface area contributed by atoms with Crippen molar-refractivity contribution in [3.63, 3.8) is 0 Å². The maximum Gasteiger partial charge on any atom is 0.237 e. The lowest BCUT2D eigenvalue weighted by molar-refractivity contribution is -0.122. The summed E-state index contributed by atoms with van der Waals surface area (Å²) in [6.07, 6.45) is 0.705. The minimum absolute atomic E-state index is 0. The lowest BCUT2D eigenvalue weighted by atomic mass is 10.0. The van der Waals surface area contributed by atoms with Gasteiger partial charge in [-0.2, -0.15) is 0 Å². The highest BCUT2D eigenvalue weighted by atomic mass is 35.5. The Labute approximate surface area is 157 Å². The molecule has 0 spiro atoms. The standard InChI is InChI=1S/C17H27N3O2.2ClH/c1-13(2)11-15(18)17(21)19-12-14-5-3-4-6-16(14)20-7-9-22-10-8-20;;/h3-6,13,15H,7-12,18H2,1-2H3,(H,19,21);2*1H/t15-;;/m0../s1. The van der Waals surface area contributed by atoms with Gasteiger partial charge in [0.25, 0.3) is 0 Å². The van der Waals surface area contributed by atoms with E-state index in [0.717, 1.165) is 31.9 Å². The number of amides is 1. The van der Waals surface area contributed by atoms with Gasteiger partial charge in [0.15, 0.2) is 0 Å². The van der Waals surface area contributed by atoms with Gasteiger partial charge in [-0.15, -0.1) is 24.8 Å². The van der Waals surface area contributed by atoms with E-state index in [-0.39, 0.29) is 30.7 Å². The van der Waals surface area contributed by atoms with Crippen molar-refractivity contribution in [1.82, 2.24) is 5.32 Å². The molecule has 1 aromatic rings. The minimum Gasteiger partial charge on any atom is -0.378 e. The lowest BCUT2D eigenvalue weighted by Crippen LogP contribution is -2.41. The maximum atomic E-state index is 12.1. The zero-order valence-corrected chi connectivity index (χ0v) is 16.0. The third-order valence-electron chi connectivity index (χ3n) is 3.86. The van der Waals surface area contributed by atoms with Crippen LogP contribution < -0.4 is 16.0 Å². The Morgan fingerprint density at radius 2 is 1.88 bits per heavy atom. The van der Waals surface area contributed by atoms with E-state index in [9.17, 15) is 4.79 Å². The number of halogens is 2. The molecule has 24 heavy (non-hydrogen) atoms. The molecule has 7 heteroatoms. The van der Waals surface area contributed by atoms with E-state index in [4.69, 9.17) is 10.5 Å². The number of nitrogens with two attached hydrogens (primary N) is 1. The predicted octanol–water partition coefficient (Wildman–Crippen LogP) is 2.36. The van der Waals surface area contributed by atoms with Crippen molar-refractivity contribution in [1.29, 1.82) is 0 Å². The van der Waals surface area contributed by atoms with Gasteiger partial charge in [0, 0.05) is 25.3 Å². The van der Waals surface area contributed by atoms with Crippen LogP contribution in [0.3, 0.4) is 0 Å². The van der Waals surface area contributed by atoms with Crippen molar-refractivity contribution < 1.29 is 9.53 Å². The van der Waals surface area contributed by atoms with Crippen molar-refractivity contribution in [3.8, 4) is 0 Å². The monoisotopic (exact) mass is 377 g/mol. The van der Waals surface area contributed by atoms with Crippen LogP contribution in [0, 0.1) is 5.92 Å². The second-order valence-corrected chi connectivity index (χ2v) is 6.18. The van der Waals surface area contributed by atoms with Crippen LogP contribution in [0.4, 0.5) is 5.69 Å². The molecule has 0 bridgehead atoms. The number of morpholine rings is 1. The van der Waals surface area contributed by atoms with Crippen LogP contribution in [-0.2, 0) is 16.1 Å². The molecule has 1 aliphatic heterocycles. The van der Waals surface area contributed by atoms with Gasteiger partial charge in [-0.3, -0.25) is 4.79 Å². The quantitative estimate of drug-likeness (QED) is 0.798. The fraction of sp³-hybridized carbons (Fsp3) is 0.588. The molecule has 1 heterocycles. The fourth-order valence-electron chi connectivity index (χ4n) is 2.70. The van der Waals surface area contributed by atoms with Gasteiger partial charge >= 0.3 is 0 Å². The topological polar surface area (TPSA) is 67.6 Å². The highest BCUT2D eigenvalue weighted by Gasteiger charge is 2.17. The van der Waals surface area contributed by atoms with Crippen molar-refractivity contribution >= 4 is 36.4 Å². The SMILES string of the molecule is CC(C)C[C@H](N)C(=O)NCc1ccccc1N1CCOCC1.Cl.Cl. The molecule has 5 nitrogen and oxygen atoms in total. The number of anilines is 1. The van der Waals surface area contributed by atoms with Gasteiger partial charge < -0.3 is 20.7 Å². The number of carbonyl (C=O) groups excluding carboxylic acids is 1. The number of carbonyl (C=O) groups is 1. The summed E-state index contributed by atoms with van der Waals surface area (Å²) in [5.74, 6) is 0.340. The molecule has 3 N–H and O–H groups in total. The van der Waals surface area contributed by atoms with E-state index >= 15 is 0 Å². The summed E-state index contributed by atoms with van der Waals surface area (Å²) in [6, 6.07) is 7.75. The molecule has 0 radical (unpaired) electrons.